The van der Waals surface area contributed by atoms with Gasteiger partial charge in [0.1, 0.15) is 5.75 Å². The maximum atomic E-state index is 5.89. The van der Waals surface area contributed by atoms with Crippen LogP contribution in [0.5, 0.6) is 5.75 Å². The highest BCUT2D eigenvalue weighted by atomic mass is 79.9. The van der Waals surface area contributed by atoms with Gasteiger partial charge in [-0.25, -0.2) is 0 Å². The molecule has 0 spiro atoms. The van der Waals surface area contributed by atoms with Crippen LogP contribution in [0.1, 0.15) is 25.8 Å². The Labute approximate surface area is 98.5 Å². The Morgan fingerprint density at radius 2 is 2.21 bits per heavy atom. The minimum Gasteiger partial charge on any atom is -0.490 e. The number of hydrogen-bond acceptors (Lipinski definition) is 1. The molecule has 14 heavy (non-hydrogen) atoms. The minimum atomic E-state index is 0.244. The Kier molecular flexibility index (Phi) is 4.76. The zero-order chi connectivity index (χ0) is 10.6. The highest BCUT2D eigenvalue weighted by Gasteiger charge is 2.06. The molecule has 3 heteroatoms. The Morgan fingerprint density at radius 1 is 1.50 bits per heavy atom. The third kappa shape index (κ3) is 3.18. The summed E-state index contributed by atoms with van der Waals surface area (Å²) in [7, 11) is 0. The molecule has 1 aromatic carbocycles. The molecule has 0 bridgehead atoms. The maximum absolute atomic E-state index is 5.89. The van der Waals surface area contributed by atoms with Gasteiger partial charge in [-0.15, -0.1) is 0 Å². The average molecular weight is 278 g/mol. The molecule has 1 atom stereocenters. The summed E-state index contributed by atoms with van der Waals surface area (Å²) in [5.41, 5.74) is 1.10. The first-order valence-electron chi connectivity index (χ1n) is 4.68. The van der Waals surface area contributed by atoms with Crippen LogP contribution in [0.15, 0.2) is 18.2 Å². The number of halogens is 2. The Morgan fingerprint density at radius 3 is 2.79 bits per heavy atom. The average Bonchev–Trinajstić information content (AvgIpc) is 2.20. The molecule has 1 aromatic rings. The molecule has 0 saturated carbocycles. The van der Waals surface area contributed by atoms with E-state index < -0.39 is 0 Å². The standard InChI is InChI=1S/C11H14BrClO/c1-3-8(2)14-11-5-4-10(13)6-9(11)7-12/h4-6,8H,3,7H2,1-2H3. The van der Waals surface area contributed by atoms with Crippen molar-refractivity contribution in [2.45, 2.75) is 31.7 Å². The van der Waals surface area contributed by atoms with Gasteiger partial charge in [-0.1, -0.05) is 34.5 Å². The van der Waals surface area contributed by atoms with Gasteiger partial charge >= 0.3 is 0 Å². The molecular formula is C11H14BrClO. The zero-order valence-electron chi connectivity index (χ0n) is 8.39. The van der Waals surface area contributed by atoms with Gasteiger partial charge < -0.3 is 4.74 Å². The summed E-state index contributed by atoms with van der Waals surface area (Å²) in [5, 5.41) is 1.51. The summed E-state index contributed by atoms with van der Waals surface area (Å²) in [6.45, 7) is 4.17. The predicted molar refractivity (Wildman–Crippen MR) is 64.5 cm³/mol. The van der Waals surface area contributed by atoms with Crippen LogP contribution in [0.3, 0.4) is 0 Å². The second-order valence-corrected chi connectivity index (χ2v) is 4.22. The van der Waals surface area contributed by atoms with E-state index in [-0.39, 0.29) is 6.10 Å². The van der Waals surface area contributed by atoms with Gasteiger partial charge in [-0.2, -0.15) is 0 Å². The zero-order valence-corrected chi connectivity index (χ0v) is 10.7. The maximum Gasteiger partial charge on any atom is 0.123 e. The van der Waals surface area contributed by atoms with Gasteiger partial charge in [-0.05, 0) is 31.5 Å². The largest absolute Gasteiger partial charge is 0.490 e. The van der Waals surface area contributed by atoms with E-state index in [1.165, 1.54) is 0 Å². The predicted octanol–water partition coefficient (Wildman–Crippen LogP) is 4.41. The monoisotopic (exact) mass is 276 g/mol. The fourth-order valence-corrected chi connectivity index (χ4v) is 1.70. The molecule has 78 valence electrons. The quantitative estimate of drug-likeness (QED) is 0.741. The molecule has 0 aliphatic heterocycles. The van der Waals surface area contributed by atoms with Crippen LogP contribution >= 0.6 is 27.5 Å². The first-order valence-corrected chi connectivity index (χ1v) is 6.18. The van der Waals surface area contributed by atoms with E-state index in [1.807, 2.05) is 18.2 Å². The molecule has 0 N–H and O–H groups in total. The molecular weight excluding hydrogens is 263 g/mol. The van der Waals surface area contributed by atoms with E-state index in [9.17, 15) is 0 Å². The molecule has 1 unspecified atom stereocenters. The van der Waals surface area contributed by atoms with E-state index in [2.05, 4.69) is 29.8 Å². The van der Waals surface area contributed by atoms with Crippen molar-refractivity contribution >= 4 is 27.5 Å². The van der Waals surface area contributed by atoms with Gasteiger partial charge in [-0.3, -0.25) is 0 Å². The van der Waals surface area contributed by atoms with E-state index in [0.29, 0.717) is 0 Å². The summed E-state index contributed by atoms with van der Waals surface area (Å²) in [5.74, 6) is 0.917. The van der Waals surface area contributed by atoms with Crippen LogP contribution in [-0.4, -0.2) is 6.10 Å². The molecule has 0 saturated heterocycles. The second kappa shape index (κ2) is 5.62. The van der Waals surface area contributed by atoms with E-state index in [1.54, 1.807) is 0 Å². The van der Waals surface area contributed by atoms with E-state index in [4.69, 9.17) is 16.3 Å². The van der Waals surface area contributed by atoms with Gasteiger partial charge in [0.25, 0.3) is 0 Å². The van der Waals surface area contributed by atoms with Gasteiger partial charge in [0.15, 0.2) is 0 Å². The molecule has 0 radical (unpaired) electrons. The summed E-state index contributed by atoms with van der Waals surface area (Å²) in [6.07, 6.45) is 1.25. The van der Waals surface area contributed by atoms with Crippen LogP contribution in [0.4, 0.5) is 0 Å². The van der Waals surface area contributed by atoms with Crippen molar-refractivity contribution in [3.63, 3.8) is 0 Å². The third-order valence-corrected chi connectivity index (χ3v) is 2.91. The van der Waals surface area contributed by atoms with Gasteiger partial charge in [0.05, 0.1) is 6.10 Å². The number of hydrogen-bond donors (Lipinski definition) is 0. The summed E-state index contributed by atoms with van der Waals surface area (Å²) in [4.78, 5) is 0. The molecule has 0 aliphatic carbocycles. The summed E-state index contributed by atoms with van der Waals surface area (Å²) >= 11 is 9.31. The van der Waals surface area contributed by atoms with Crippen LogP contribution in [-0.2, 0) is 5.33 Å². The lowest BCUT2D eigenvalue weighted by molar-refractivity contribution is 0.216. The van der Waals surface area contributed by atoms with Crippen LogP contribution in [0.25, 0.3) is 0 Å². The van der Waals surface area contributed by atoms with Crippen LogP contribution < -0.4 is 4.74 Å². The first-order chi connectivity index (χ1) is 6.67. The molecule has 1 nitrogen and oxygen atoms in total. The lowest BCUT2D eigenvalue weighted by Crippen LogP contribution is -2.10. The molecule has 0 amide bonds. The van der Waals surface area contributed by atoms with Crippen molar-refractivity contribution in [1.29, 1.82) is 0 Å². The van der Waals surface area contributed by atoms with Gasteiger partial charge in [0.2, 0.25) is 0 Å². The highest BCUT2D eigenvalue weighted by Crippen LogP contribution is 2.26. The van der Waals surface area contributed by atoms with E-state index >= 15 is 0 Å². The lowest BCUT2D eigenvalue weighted by atomic mass is 10.2. The van der Waals surface area contributed by atoms with Crippen molar-refractivity contribution in [2.75, 3.05) is 0 Å². The second-order valence-electron chi connectivity index (χ2n) is 3.22. The Balaban J connectivity index is 2.85. The number of alkyl halides is 1. The fraction of sp³-hybridized carbons (Fsp3) is 0.455. The van der Waals surface area contributed by atoms with Crippen molar-refractivity contribution in [2.24, 2.45) is 0 Å². The summed E-state index contributed by atoms with van der Waals surface area (Å²) in [6, 6.07) is 5.70. The normalized spacial score (nSPS) is 12.6. The molecule has 0 heterocycles. The third-order valence-electron chi connectivity index (χ3n) is 2.07. The molecule has 0 aromatic heterocycles. The topological polar surface area (TPSA) is 9.23 Å². The molecule has 1 rings (SSSR count). The smallest absolute Gasteiger partial charge is 0.123 e. The molecule has 0 fully saturated rings. The number of rotatable bonds is 4. The Bertz CT molecular complexity index is 301. The fourth-order valence-electron chi connectivity index (χ4n) is 1.07. The number of ether oxygens (including phenoxy) is 1. The van der Waals surface area contributed by atoms with Crippen molar-refractivity contribution in [3.05, 3.63) is 28.8 Å². The van der Waals surface area contributed by atoms with E-state index in [0.717, 1.165) is 28.1 Å². The lowest BCUT2D eigenvalue weighted by Gasteiger charge is -2.15. The highest BCUT2D eigenvalue weighted by molar-refractivity contribution is 9.08. The van der Waals surface area contributed by atoms with Crippen molar-refractivity contribution < 1.29 is 4.74 Å². The first kappa shape index (κ1) is 11.9. The van der Waals surface area contributed by atoms with Crippen LogP contribution in [0.2, 0.25) is 5.02 Å². The minimum absolute atomic E-state index is 0.244. The Hall–Kier alpha value is -0.210. The molecule has 0 aliphatic rings. The van der Waals surface area contributed by atoms with Crippen molar-refractivity contribution in [1.82, 2.24) is 0 Å². The van der Waals surface area contributed by atoms with Crippen molar-refractivity contribution in [3.8, 4) is 5.75 Å². The van der Waals surface area contributed by atoms with Gasteiger partial charge in [0, 0.05) is 15.9 Å². The SMILES string of the molecule is CCC(C)Oc1ccc(Cl)cc1CBr. The summed E-state index contributed by atoms with van der Waals surface area (Å²) < 4.78 is 5.75. The van der Waals surface area contributed by atoms with Crippen LogP contribution in [0, 0.1) is 0 Å². The number of benzene rings is 1.